The number of morpholine rings is 1. The molecule has 0 atom stereocenters. The number of fused-ring (bicyclic) bond motifs is 1. The predicted octanol–water partition coefficient (Wildman–Crippen LogP) is 2.87. The summed E-state index contributed by atoms with van der Waals surface area (Å²) in [4.78, 5) is 32.2. The molecule has 8 heteroatoms. The van der Waals surface area contributed by atoms with Crippen LogP contribution in [0.25, 0.3) is 11.7 Å². The first kappa shape index (κ1) is 21.3. The lowest BCUT2D eigenvalue weighted by Gasteiger charge is -2.26. The van der Waals surface area contributed by atoms with E-state index >= 15 is 0 Å². The average Bonchev–Trinajstić information content (AvgIpc) is 2.78. The number of carbonyl (C=O) groups excluding carboxylic acids is 1. The van der Waals surface area contributed by atoms with E-state index in [0.29, 0.717) is 37.7 Å². The van der Waals surface area contributed by atoms with Gasteiger partial charge >= 0.3 is 0 Å². The molecule has 1 aromatic carbocycles. The van der Waals surface area contributed by atoms with Gasteiger partial charge in [0.15, 0.2) is 0 Å². The van der Waals surface area contributed by atoms with Crippen LogP contribution in [0.5, 0.6) is 11.6 Å². The number of aryl methyl sites for hydroxylation is 2. The summed E-state index contributed by atoms with van der Waals surface area (Å²) in [5.74, 6) is 0.0989. The molecule has 3 heterocycles. The van der Waals surface area contributed by atoms with Crippen LogP contribution in [0.15, 0.2) is 53.0 Å². The van der Waals surface area contributed by atoms with Gasteiger partial charge in [-0.05, 0) is 55.3 Å². The Morgan fingerprint density at radius 2 is 1.91 bits per heavy atom. The minimum absolute atomic E-state index is 0.0334. The number of benzene rings is 1. The third-order valence-electron chi connectivity index (χ3n) is 5.08. The molecule has 2 aromatic heterocycles. The summed E-state index contributed by atoms with van der Waals surface area (Å²) in [6.45, 7) is 5.48. The molecule has 1 fully saturated rings. The highest BCUT2D eigenvalue weighted by Gasteiger charge is 2.23. The average molecular weight is 430 g/mol. The van der Waals surface area contributed by atoms with Gasteiger partial charge in [0.1, 0.15) is 28.6 Å². The van der Waals surface area contributed by atoms with E-state index in [0.717, 1.165) is 11.1 Å². The Morgan fingerprint density at radius 3 is 2.59 bits per heavy atom. The van der Waals surface area contributed by atoms with Crippen molar-refractivity contribution in [2.45, 2.75) is 13.8 Å². The Kier molecular flexibility index (Phi) is 6.01. The van der Waals surface area contributed by atoms with E-state index in [1.165, 1.54) is 15.4 Å². The molecule has 0 spiro atoms. The molecule has 32 heavy (non-hydrogen) atoms. The summed E-state index contributed by atoms with van der Waals surface area (Å²) in [6, 6.07) is 12.8. The minimum atomic E-state index is -0.453. The Balaban J connectivity index is 1.84. The highest BCUT2D eigenvalue weighted by atomic mass is 16.5. The van der Waals surface area contributed by atoms with Gasteiger partial charge in [-0.15, -0.1) is 0 Å². The van der Waals surface area contributed by atoms with Crippen LogP contribution < -0.4 is 10.3 Å². The van der Waals surface area contributed by atoms with Gasteiger partial charge in [-0.25, -0.2) is 0 Å². The summed E-state index contributed by atoms with van der Waals surface area (Å²) in [5, 5.41) is 9.68. The third kappa shape index (κ3) is 4.38. The zero-order valence-electron chi connectivity index (χ0n) is 17.9. The van der Waals surface area contributed by atoms with Gasteiger partial charge < -0.3 is 14.4 Å². The van der Waals surface area contributed by atoms with E-state index in [1.54, 1.807) is 24.4 Å². The lowest BCUT2D eigenvalue weighted by atomic mass is 10.1. The molecule has 8 nitrogen and oxygen atoms in total. The van der Waals surface area contributed by atoms with E-state index in [-0.39, 0.29) is 17.0 Å². The van der Waals surface area contributed by atoms with Gasteiger partial charge in [-0.3, -0.25) is 14.0 Å². The van der Waals surface area contributed by atoms with Crippen molar-refractivity contribution in [1.82, 2.24) is 14.3 Å². The minimum Gasteiger partial charge on any atom is -0.438 e. The van der Waals surface area contributed by atoms with Crippen LogP contribution in [0.4, 0.5) is 0 Å². The maximum absolute atomic E-state index is 13.3. The largest absolute Gasteiger partial charge is 0.438 e. The third-order valence-corrected chi connectivity index (χ3v) is 5.08. The summed E-state index contributed by atoms with van der Waals surface area (Å²) in [5.41, 5.74) is 1.83. The molecule has 162 valence electrons. The lowest BCUT2D eigenvalue weighted by molar-refractivity contribution is -0.130. The molecule has 0 saturated carbocycles. The molecule has 3 aromatic rings. The van der Waals surface area contributed by atoms with Crippen molar-refractivity contribution in [2.75, 3.05) is 26.3 Å². The van der Waals surface area contributed by atoms with Crippen LogP contribution in [0.1, 0.15) is 16.7 Å². The normalized spacial score (nSPS) is 14.3. The number of hydrogen-bond donors (Lipinski definition) is 0. The Morgan fingerprint density at radius 1 is 1.19 bits per heavy atom. The second-order valence-electron chi connectivity index (χ2n) is 7.56. The van der Waals surface area contributed by atoms with Crippen LogP contribution in [-0.4, -0.2) is 46.5 Å². The zero-order chi connectivity index (χ0) is 22.7. The molecule has 4 rings (SSSR count). The SMILES string of the molecule is Cc1cc(C)cc(Oc2nc3ccccn3c(=O)c2/C=C(\C#N)C(=O)N2CCOCC2)c1. The molecule has 0 aliphatic carbocycles. The Labute approximate surface area is 184 Å². The monoisotopic (exact) mass is 430 g/mol. The second kappa shape index (κ2) is 9.04. The van der Waals surface area contributed by atoms with Crippen LogP contribution in [-0.2, 0) is 9.53 Å². The fourth-order valence-corrected chi connectivity index (χ4v) is 3.61. The van der Waals surface area contributed by atoms with Crippen molar-refractivity contribution < 1.29 is 14.3 Å². The van der Waals surface area contributed by atoms with Crippen molar-refractivity contribution in [1.29, 1.82) is 5.26 Å². The molecule has 1 saturated heterocycles. The number of nitrogens with zero attached hydrogens (tertiary/aromatic N) is 4. The number of amides is 1. The Bertz CT molecular complexity index is 1290. The first-order chi connectivity index (χ1) is 15.5. The number of pyridine rings is 1. The summed E-state index contributed by atoms with van der Waals surface area (Å²) in [7, 11) is 0. The second-order valence-corrected chi connectivity index (χ2v) is 7.56. The van der Waals surface area contributed by atoms with Crippen molar-refractivity contribution in [3.05, 3.63) is 75.2 Å². The summed E-state index contributed by atoms with van der Waals surface area (Å²) in [6.07, 6.45) is 2.85. The van der Waals surface area contributed by atoms with Gasteiger partial charge in [0.05, 0.1) is 13.2 Å². The first-order valence-electron chi connectivity index (χ1n) is 10.2. The number of nitriles is 1. The van der Waals surface area contributed by atoms with E-state index < -0.39 is 11.5 Å². The molecule has 0 N–H and O–H groups in total. The molecule has 1 aliphatic heterocycles. The van der Waals surface area contributed by atoms with Crippen molar-refractivity contribution in [3.8, 4) is 17.7 Å². The summed E-state index contributed by atoms with van der Waals surface area (Å²) >= 11 is 0. The maximum Gasteiger partial charge on any atom is 0.269 e. The quantitative estimate of drug-likeness (QED) is 0.466. The van der Waals surface area contributed by atoms with Gasteiger partial charge in [-0.2, -0.15) is 10.2 Å². The lowest BCUT2D eigenvalue weighted by Crippen LogP contribution is -2.41. The maximum atomic E-state index is 13.3. The van der Waals surface area contributed by atoms with Gasteiger partial charge in [0.25, 0.3) is 11.5 Å². The number of ether oxygens (including phenoxy) is 2. The molecule has 1 aliphatic rings. The number of rotatable bonds is 4. The number of carbonyl (C=O) groups is 1. The molecule has 0 radical (unpaired) electrons. The van der Waals surface area contributed by atoms with Gasteiger partial charge in [-0.1, -0.05) is 12.1 Å². The molecule has 0 unspecified atom stereocenters. The van der Waals surface area contributed by atoms with Crippen LogP contribution in [0, 0.1) is 25.2 Å². The van der Waals surface area contributed by atoms with Gasteiger partial charge in [0, 0.05) is 19.3 Å². The summed E-state index contributed by atoms with van der Waals surface area (Å²) < 4.78 is 12.6. The van der Waals surface area contributed by atoms with Crippen LogP contribution in [0.3, 0.4) is 0 Å². The predicted molar refractivity (Wildman–Crippen MR) is 118 cm³/mol. The van der Waals surface area contributed by atoms with Crippen LogP contribution in [0.2, 0.25) is 0 Å². The van der Waals surface area contributed by atoms with E-state index in [2.05, 4.69) is 4.98 Å². The first-order valence-corrected chi connectivity index (χ1v) is 10.2. The van der Waals surface area contributed by atoms with E-state index in [9.17, 15) is 14.9 Å². The molecule has 0 bridgehead atoms. The zero-order valence-corrected chi connectivity index (χ0v) is 17.9. The van der Waals surface area contributed by atoms with Crippen molar-refractivity contribution >= 4 is 17.6 Å². The van der Waals surface area contributed by atoms with Crippen molar-refractivity contribution in [3.63, 3.8) is 0 Å². The number of aromatic nitrogens is 2. The van der Waals surface area contributed by atoms with E-state index in [1.807, 2.05) is 38.1 Å². The smallest absolute Gasteiger partial charge is 0.269 e. The molecular formula is C24H22N4O4. The fourth-order valence-electron chi connectivity index (χ4n) is 3.61. The Hall–Kier alpha value is -3.96. The van der Waals surface area contributed by atoms with Crippen molar-refractivity contribution in [2.24, 2.45) is 0 Å². The number of hydrogen-bond acceptors (Lipinski definition) is 6. The molecular weight excluding hydrogens is 408 g/mol. The fraction of sp³-hybridized carbons (Fsp3) is 0.250. The van der Waals surface area contributed by atoms with Crippen LogP contribution >= 0.6 is 0 Å². The topological polar surface area (TPSA) is 96.9 Å². The van der Waals surface area contributed by atoms with Gasteiger partial charge in [0.2, 0.25) is 5.88 Å². The van der Waals surface area contributed by atoms with E-state index in [4.69, 9.17) is 9.47 Å². The highest BCUT2D eigenvalue weighted by Crippen LogP contribution is 2.26. The molecule has 1 amide bonds. The highest BCUT2D eigenvalue weighted by molar-refractivity contribution is 6.02. The standard InChI is InChI=1S/C24H22N4O4/c1-16-11-17(2)13-19(12-16)32-22-20(24(30)28-6-4-3-5-21(28)26-22)14-18(15-25)23(29)27-7-9-31-10-8-27/h3-6,11-14H,7-10H2,1-2H3/b18-14+.